The van der Waals surface area contributed by atoms with Crippen LogP contribution in [0, 0.1) is 5.92 Å². The van der Waals surface area contributed by atoms with E-state index in [0.717, 1.165) is 18.8 Å². The van der Waals surface area contributed by atoms with Crippen LogP contribution < -0.4 is 5.32 Å². The molecule has 0 aliphatic heterocycles. The monoisotopic (exact) mass is 281 g/mol. The molecule has 1 saturated carbocycles. The summed E-state index contributed by atoms with van der Waals surface area (Å²) in [4.78, 5) is 0. The predicted molar refractivity (Wildman–Crippen MR) is 81.4 cm³/mol. The van der Waals surface area contributed by atoms with Gasteiger partial charge in [0.05, 0.1) is 0 Å². The summed E-state index contributed by atoms with van der Waals surface area (Å²) in [6, 6.07) is 3.76. The Kier molecular flexibility index (Phi) is 5.99. The maximum atomic E-state index is 5.84. The van der Waals surface area contributed by atoms with Crippen molar-refractivity contribution in [1.29, 1.82) is 0 Å². The number of nitrogens with one attached hydrogen (secondary N) is 1. The third-order valence-electron chi connectivity index (χ3n) is 3.81. The lowest BCUT2D eigenvalue weighted by molar-refractivity contribution is 0.396. The van der Waals surface area contributed by atoms with Crippen molar-refractivity contribution in [1.82, 2.24) is 5.32 Å². The van der Waals surface area contributed by atoms with Crippen LogP contribution in [0.25, 0.3) is 6.08 Å². The van der Waals surface area contributed by atoms with Gasteiger partial charge in [0.25, 0.3) is 0 Å². The molecule has 0 aromatic carbocycles. The van der Waals surface area contributed by atoms with Crippen molar-refractivity contribution < 1.29 is 4.42 Å². The summed E-state index contributed by atoms with van der Waals surface area (Å²) in [5.74, 6) is 1.59. The molecule has 1 aromatic rings. The lowest BCUT2D eigenvalue weighted by Crippen LogP contribution is -2.22. The minimum absolute atomic E-state index is 0.468. The van der Waals surface area contributed by atoms with Crippen LogP contribution in [0.2, 0.25) is 5.22 Å². The normalized spacial score (nSPS) is 17.9. The van der Waals surface area contributed by atoms with Gasteiger partial charge in [0, 0.05) is 6.54 Å². The minimum atomic E-state index is 0.468. The summed E-state index contributed by atoms with van der Waals surface area (Å²) in [7, 11) is 0. The number of rotatable bonds is 6. The molecule has 3 heteroatoms. The average Bonchev–Trinajstić information content (AvgIpc) is 2.84. The Morgan fingerprint density at radius 2 is 2.16 bits per heavy atom. The van der Waals surface area contributed by atoms with Crippen molar-refractivity contribution in [2.75, 3.05) is 13.1 Å². The molecule has 106 valence electrons. The third-order valence-corrected chi connectivity index (χ3v) is 4.01. The predicted octanol–water partition coefficient (Wildman–Crippen LogP) is 4.90. The Balaban J connectivity index is 2.05. The van der Waals surface area contributed by atoms with Crippen LogP contribution in [-0.2, 0) is 0 Å². The summed E-state index contributed by atoms with van der Waals surface area (Å²) in [6.45, 7) is 4.24. The molecule has 1 aliphatic carbocycles. The van der Waals surface area contributed by atoms with Gasteiger partial charge in [-0.25, -0.2) is 0 Å². The molecule has 0 radical (unpaired) electrons. The SMILES string of the molecule is CCCNCC(=Cc1ccc(Cl)o1)C1CCCCC1. The van der Waals surface area contributed by atoms with Gasteiger partial charge < -0.3 is 9.73 Å². The number of hydrogen-bond acceptors (Lipinski definition) is 2. The van der Waals surface area contributed by atoms with E-state index in [2.05, 4.69) is 18.3 Å². The Morgan fingerprint density at radius 1 is 1.37 bits per heavy atom. The summed E-state index contributed by atoms with van der Waals surface area (Å²) in [5, 5.41) is 3.98. The molecule has 0 bridgehead atoms. The Morgan fingerprint density at radius 3 is 2.79 bits per heavy atom. The Bertz CT molecular complexity index is 405. The summed E-state index contributed by atoms with van der Waals surface area (Å²) in [5.41, 5.74) is 1.47. The molecular formula is C16H24ClNO. The fraction of sp³-hybridized carbons (Fsp3) is 0.625. The highest BCUT2D eigenvalue weighted by atomic mass is 35.5. The number of hydrogen-bond donors (Lipinski definition) is 1. The fourth-order valence-corrected chi connectivity index (χ4v) is 2.94. The van der Waals surface area contributed by atoms with E-state index in [0.29, 0.717) is 11.1 Å². The van der Waals surface area contributed by atoms with E-state index in [-0.39, 0.29) is 0 Å². The van der Waals surface area contributed by atoms with E-state index in [1.807, 2.05) is 12.1 Å². The molecule has 1 N–H and O–H groups in total. The first-order valence-electron chi connectivity index (χ1n) is 7.46. The molecule has 1 heterocycles. The molecule has 19 heavy (non-hydrogen) atoms. The molecule has 0 amide bonds. The molecular weight excluding hydrogens is 258 g/mol. The zero-order chi connectivity index (χ0) is 13.5. The first-order chi connectivity index (χ1) is 9.29. The van der Waals surface area contributed by atoms with Gasteiger partial charge >= 0.3 is 0 Å². The quantitative estimate of drug-likeness (QED) is 0.751. The van der Waals surface area contributed by atoms with Gasteiger partial charge in [-0.1, -0.05) is 26.2 Å². The van der Waals surface area contributed by atoms with Gasteiger partial charge in [-0.15, -0.1) is 0 Å². The minimum Gasteiger partial charge on any atom is -0.445 e. The first-order valence-corrected chi connectivity index (χ1v) is 7.84. The van der Waals surface area contributed by atoms with Gasteiger partial charge in [-0.2, -0.15) is 0 Å². The highest BCUT2D eigenvalue weighted by molar-refractivity contribution is 6.28. The van der Waals surface area contributed by atoms with Crippen molar-refractivity contribution in [3.63, 3.8) is 0 Å². The van der Waals surface area contributed by atoms with Crippen LogP contribution in [0.4, 0.5) is 0 Å². The maximum absolute atomic E-state index is 5.84. The zero-order valence-corrected chi connectivity index (χ0v) is 12.5. The second-order valence-corrected chi connectivity index (χ2v) is 5.75. The molecule has 0 saturated heterocycles. The number of halogens is 1. The van der Waals surface area contributed by atoms with Crippen molar-refractivity contribution in [3.8, 4) is 0 Å². The third kappa shape index (κ3) is 4.70. The molecule has 1 aromatic heterocycles. The molecule has 0 spiro atoms. The van der Waals surface area contributed by atoms with Crippen LogP contribution in [-0.4, -0.2) is 13.1 Å². The lowest BCUT2D eigenvalue weighted by atomic mass is 9.83. The van der Waals surface area contributed by atoms with Crippen molar-refractivity contribution >= 4 is 17.7 Å². The Hall–Kier alpha value is -0.730. The standard InChI is InChI=1S/C16H24ClNO/c1-2-10-18-12-14(13-6-4-3-5-7-13)11-15-8-9-16(17)19-15/h8-9,11,13,18H,2-7,10,12H2,1H3. The van der Waals surface area contributed by atoms with E-state index >= 15 is 0 Å². The number of furan rings is 1. The van der Waals surface area contributed by atoms with Crippen molar-refractivity contribution in [3.05, 3.63) is 28.7 Å². The van der Waals surface area contributed by atoms with Crippen LogP contribution >= 0.6 is 11.6 Å². The molecule has 2 rings (SSSR count). The average molecular weight is 282 g/mol. The molecule has 1 fully saturated rings. The van der Waals surface area contributed by atoms with Gasteiger partial charge in [-0.3, -0.25) is 0 Å². The van der Waals surface area contributed by atoms with Crippen LogP contribution in [0.15, 0.2) is 22.1 Å². The summed E-state index contributed by atoms with van der Waals surface area (Å²) >= 11 is 5.84. The summed E-state index contributed by atoms with van der Waals surface area (Å²) in [6.07, 6.45) is 10.1. The lowest BCUT2D eigenvalue weighted by Gasteiger charge is -2.24. The Labute approximate surface area is 121 Å². The smallest absolute Gasteiger partial charge is 0.193 e. The maximum Gasteiger partial charge on any atom is 0.193 e. The topological polar surface area (TPSA) is 25.2 Å². The van der Waals surface area contributed by atoms with E-state index < -0.39 is 0 Å². The molecule has 0 unspecified atom stereocenters. The van der Waals surface area contributed by atoms with Crippen LogP contribution in [0.3, 0.4) is 0 Å². The second kappa shape index (κ2) is 7.76. The summed E-state index contributed by atoms with van der Waals surface area (Å²) < 4.78 is 5.47. The molecule has 2 nitrogen and oxygen atoms in total. The van der Waals surface area contributed by atoms with E-state index in [1.54, 1.807) is 0 Å². The van der Waals surface area contributed by atoms with Gasteiger partial charge in [0.15, 0.2) is 5.22 Å². The van der Waals surface area contributed by atoms with E-state index in [9.17, 15) is 0 Å². The molecule has 0 atom stereocenters. The second-order valence-electron chi connectivity index (χ2n) is 5.37. The van der Waals surface area contributed by atoms with Gasteiger partial charge in [0.1, 0.15) is 5.76 Å². The van der Waals surface area contributed by atoms with Crippen molar-refractivity contribution in [2.45, 2.75) is 45.4 Å². The highest BCUT2D eigenvalue weighted by Crippen LogP contribution is 2.31. The van der Waals surface area contributed by atoms with E-state index in [1.165, 1.54) is 44.1 Å². The first kappa shape index (κ1) is 14.7. The van der Waals surface area contributed by atoms with Gasteiger partial charge in [0.2, 0.25) is 0 Å². The van der Waals surface area contributed by atoms with Crippen LogP contribution in [0.1, 0.15) is 51.2 Å². The fourth-order valence-electron chi connectivity index (χ4n) is 2.78. The van der Waals surface area contributed by atoms with Gasteiger partial charge in [-0.05, 0) is 67.1 Å². The zero-order valence-electron chi connectivity index (χ0n) is 11.8. The largest absolute Gasteiger partial charge is 0.445 e. The van der Waals surface area contributed by atoms with E-state index in [4.69, 9.17) is 16.0 Å². The molecule has 1 aliphatic rings. The van der Waals surface area contributed by atoms with Crippen LogP contribution in [0.5, 0.6) is 0 Å². The van der Waals surface area contributed by atoms with Crippen molar-refractivity contribution in [2.24, 2.45) is 5.92 Å². The highest BCUT2D eigenvalue weighted by Gasteiger charge is 2.18.